The molecule has 168 valence electrons. The maximum atomic E-state index is 12.8. The average Bonchev–Trinajstić information content (AvgIpc) is 3.28. The maximum absolute atomic E-state index is 12.8. The summed E-state index contributed by atoms with van der Waals surface area (Å²) in [6.45, 7) is 3.98. The van der Waals surface area contributed by atoms with Crippen LogP contribution in [0.5, 0.6) is 5.75 Å². The van der Waals surface area contributed by atoms with Crippen molar-refractivity contribution in [2.24, 2.45) is 0 Å². The smallest absolute Gasteiger partial charge is 0.230 e. The SMILES string of the molecule is COc1ccc(C)cc1C(C)NC(=O)CSc1nnc(-c2ccccc2)n1-c1ccccc1. The van der Waals surface area contributed by atoms with E-state index in [9.17, 15) is 4.79 Å². The van der Waals surface area contributed by atoms with Crippen LogP contribution < -0.4 is 10.1 Å². The molecule has 7 heteroatoms. The van der Waals surface area contributed by atoms with E-state index in [1.807, 2.05) is 97.3 Å². The van der Waals surface area contributed by atoms with Gasteiger partial charge in [0.05, 0.1) is 18.9 Å². The average molecular weight is 459 g/mol. The van der Waals surface area contributed by atoms with E-state index < -0.39 is 0 Å². The Morgan fingerprint density at radius 1 is 1.03 bits per heavy atom. The van der Waals surface area contributed by atoms with Gasteiger partial charge in [-0.05, 0) is 32.0 Å². The van der Waals surface area contributed by atoms with Gasteiger partial charge in [-0.2, -0.15) is 0 Å². The number of hydrogen-bond donors (Lipinski definition) is 1. The van der Waals surface area contributed by atoms with Crippen LogP contribution in [0.2, 0.25) is 0 Å². The van der Waals surface area contributed by atoms with E-state index in [0.29, 0.717) is 5.16 Å². The first kappa shape index (κ1) is 22.6. The van der Waals surface area contributed by atoms with E-state index in [-0.39, 0.29) is 17.7 Å². The first-order chi connectivity index (χ1) is 16.1. The number of carbonyl (C=O) groups is 1. The Balaban J connectivity index is 1.52. The number of hydrogen-bond acceptors (Lipinski definition) is 5. The zero-order valence-electron chi connectivity index (χ0n) is 18.9. The predicted octanol–water partition coefficient (Wildman–Crippen LogP) is 5.22. The monoisotopic (exact) mass is 458 g/mol. The van der Waals surface area contributed by atoms with E-state index in [1.165, 1.54) is 11.8 Å². The number of para-hydroxylation sites is 1. The quantitative estimate of drug-likeness (QED) is 0.367. The van der Waals surface area contributed by atoms with Crippen LogP contribution in [0.3, 0.4) is 0 Å². The van der Waals surface area contributed by atoms with Gasteiger partial charge in [-0.15, -0.1) is 10.2 Å². The standard InChI is InChI=1S/C26H26N4O2S/c1-18-14-15-23(32-3)22(16-18)19(2)27-24(31)17-33-26-29-28-25(20-10-6-4-7-11-20)30(26)21-12-8-5-9-13-21/h4-16,19H,17H2,1-3H3,(H,27,31). The van der Waals surface area contributed by atoms with Gasteiger partial charge in [0, 0.05) is 16.8 Å². The van der Waals surface area contributed by atoms with Crippen molar-refractivity contribution in [2.75, 3.05) is 12.9 Å². The van der Waals surface area contributed by atoms with Crippen LogP contribution in [0.1, 0.15) is 24.1 Å². The fourth-order valence-corrected chi connectivity index (χ4v) is 4.39. The Labute approximate surface area is 198 Å². The fourth-order valence-electron chi connectivity index (χ4n) is 3.63. The second-order valence-corrected chi connectivity index (χ2v) is 8.61. The summed E-state index contributed by atoms with van der Waals surface area (Å²) in [6.07, 6.45) is 0. The van der Waals surface area contributed by atoms with Crippen molar-refractivity contribution in [1.29, 1.82) is 0 Å². The molecule has 1 atom stereocenters. The summed E-state index contributed by atoms with van der Waals surface area (Å²) in [7, 11) is 1.64. The van der Waals surface area contributed by atoms with Gasteiger partial charge in [0.2, 0.25) is 5.91 Å². The number of ether oxygens (including phenoxy) is 1. The van der Waals surface area contributed by atoms with Gasteiger partial charge in [-0.3, -0.25) is 9.36 Å². The van der Waals surface area contributed by atoms with E-state index >= 15 is 0 Å². The summed E-state index contributed by atoms with van der Waals surface area (Å²) in [4.78, 5) is 12.8. The Bertz CT molecular complexity index is 1230. The number of methoxy groups -OCH3 is 1. The molecule has 6 nitrogen and oxygen atoms in total. The molecule has 1 N–H and O–H groups in total. The topological polar surface area (TPSA) is 69.0 Å². The normalized spacial score (nSPS) is 11.7. The third-order valence-corrected chi connectivity index (χ3v) is 6.17. The van der Waals surface area contributed by atoms with Crippen LogP contribution in [0, 0.1) is 6.92 Å². The van der Waals surface area contributed by atoms with Gasteiger partial charge >= 0.3 is 0 Å². The lowest BCUT2D eigenvalue weighted by atomic mass is 10.0. The summed E-state index contributed by atoms with van der Waals surface area (Å²) >= 11 is 1.36. The molecule has 1 amide bonds. The van der Waals surface area contributed by atoms with Crippen molar-refractivity contribution in [3.63, 3.8) is 0 Å². The molecule has 0 aliphatic carbocycles. The molecule has 0 spiro atoms. The van der Waals surface area contributed by atoms with Crippen molar-refractivity contribution in [2.45, 2.75) is 25.0 Å². The van der Waals surface area contributed by atoms with E-state index in [4.69, 9.17) is 4.74 Å². The second-order valence-electron chi connectivity index (χ2n) is 7.67. The Hall–Kier alpha value is -3.58. The van der Waals surface area contributed by atoms with Crippen molar-refractivity contribution in [3.05, 3.63) is 90.0 Å². The number of amides is 1. The molecule has 0 saturated heterocycles. The molecule has 0 radical (unpaired) electrons. The number of aryl methyl sites for hydroxylation is 1. The first-order valence-electron chi connectivity index (χ1n) is 10.7. The van der Waals surface area contributed by atoms with Crippen LogP contribution in [0.4, 0.5) is 0 Å². The van der Waals surface area contributed by atoms with Gasteiger partial charge in [0.1, 0.15) is 5.75 Å². The minimum absolute atomic E-state index is 0.0834. The number of nitrogens with zero attached hydrogens (tertiary/aromatic N) is 3. The number of carbonyl (C=O) groups excluding carboxylic acids is 1. The first-order valence-corrected chi connectivity index (χ1v) is 11.7. The van der Waals surface area contributed by atoms with E-state index in [0.717, 1.165) is 34.0 Å². The Morgan fingerprint density at radius 2 is 1.73 bits per heavy atom. The molecule has 3 aromatic carbocycles. The van der Waals surface area contributed by atoms with Gasteiger partial charge < -0.3 is 10.1 Å². The molecule has 4 aromatic rings. The highest BCUT2D eigenvalue weighted by atomic mass is 32.2. The van der Waals surface area contributed by atoms with Gasteiger partial charge in [0.15, 0.2) is 11.0 Å². The summed E-state index contributed by atoms with van der Waals surface area (Å²) in [5.74, 6) is 1.64. The molecule has 33 heavy (non-hydrogen) atoms. The highest BCUT2D eigenvalue weighted by molar-refractivity contribution is 7.99. The van der Waals surface area contributed by atoms with Crippen LogP contribution in [-0.2, 0) is 4.79 Å². The number of nitrogens with one attached hydrogen (secondary N) is 1. The molecule has 4 rings (SSSR count). The number of thioether (sulfide) groups is 1. The Kier molecular flexibility index (Phi) is 7.10. The highest BCUT2D eigenvalue weighted by Crippen LogP contribution is 2.29. The summed E-state index contributed by atoms with van der Waals surface area (Å²) in [6, 6.07) is 25.6. The van der Waals surface area contributed by atoms with Gasteiger partial charge in [-0.1, -0.05) is 78.0 Å². The van der Waals surface area contributed by atoms with Crippen LogP contribution >= 0.6 is 11.8 Å². The minimum atomic E-state index is -0.181. The number of benzene rings is 3. The molecule has 1 heterocycles. The molecule has 1 unspecified atom stereocenters. The zero-order chi connectivity index (χ0) is 23.2. The molecule has 0 aliphatic rings. The molecule has 0 saturated carbocycles. The predicted molar refractivity (Wildman–Crippen MR) is 132 cm³/mol. The lowest BCUT2D eigenvalue weighted by molar-refractivity contribution is -0.119. The van der Waals surface area contributed by atoms with Gasteiger partial charge in [-0.25, -0.2) is 0 Å². The largest absolute Gasteiger partial charge is 0.496 e. The minimum Gasteiger partial charge on any atom is -0.496 e. The summed E-state index contributed by atoms with van der Waals surface area (Å²) < 4.78 is 7.45. The molecule has 0 fully saturated rings. The molecule has 0 bridgehead atoms. The number of aromatic nitrogens is 3. The Morgan fingerprint density at radius 3 is 2.42 bits per heavy atom. The molecule has 0 aliphatic heterocycles. The van der Waals surface area contributed by atoms with Crippen LogP contribution in [0.15, 0.2) is 84.0 Å². The number of rotatable bonds is 8. The lowest BCUT2D eigenvalue weighted by Gasteiger charge is -2.18. The summed E-state index contributed by atoms with van der Waals surface area (Å²) in [5.41, 5.74) is 3.98. The van der Waals surface area contributed by atoms with E-state index in [1.54, 1.807) is 7.11 Å². The third kappa shape index (κ3) is 5.26. The molecular weight excluding hydrogens is 432 g/mol. The van der Waals surface area contributed by atoms with Gasteiger partial charge in [0.25, 0.3) is 0 Å². The van der Waals surface area contributed by atoms with Crippen LogP contribution in [0.25, 0.3) is 17.1 Å². The van der Waals surface area contributed by atoms with Crippen molar-refractivity contribution in [1.82, 2.24) is 20.1 Å². The molecule has 1 aromatic heterocycles. The van der Waals surface area contributed by atoms with Crippen molar-refractivity contribution >= 4 is 17.7 Å². The second kappa shape index (κ2) is 10.4. The van der Waals surface area contributed by atoms with Crippen molar-refractivity contribution < 1.29 is 9.53 Å². The summed E-state index contributed by atoms with van der Waals surface area (Å²) in [5, 5.41) is 12.6. The maximum Gasteiger partial charge on any atom is 0.230 e. The van der Waals surface area contributed by atoms with E-state index in [2.05, 4.69) is 15.5 Å². The van der Waals surface area contributed by atoms with Crippen molar-refractivity contribution in [3.8, 4) is 22.8 Å². The highest BCUT2D eigenvalue weighted by Gasteiger charge is 2.19. The lowest BCUT2D eigenvalue weighted by Crippen LogP contribution is -2.28. The third-order valence-electron chi connectivity index (χ3n) is 5.24. The van der Waals surface area contributed by atoms with Crippen LogP contribution in [-0.4, -0.2) is 33.5 Å². The fraction of sp³-hybridized carbons (Fsp3) is 0.192. The molecular formula is C26H26N4O2S. The zero-order valence-corrected chi connectivity index (χ0v) is 19.7.